The molecule has 102 valence electrons. The molecule has 2 aromatic rings. The van der Waals surface area contributed by atoms with Crippen molar-refractivity contribution in [1.82, 2.24) is 24.5 Å². The summed E-state index contributed by atoms with van der Waals surface area (Å²) in [7, 11) is 1.78. The molecular weight excluding hydrogens is 248 g/mol. The fourth-order valence-electron chi connectivity index (χ4n) is 1.56. The number of hydrogen-bond acceptors (Lipinski definition) is 8. The molecule has 0 aliphatic rings. The van der Waals surface area contributed by atoms with Gasteiger partial charge >= 0.3 is 0 Å². The molecule has 0 aliphatic carbocycles. The van der Waals surface area contributed by atoms with Gasteiger partial charge in [-0.15, -0.1) is 0 Å². The summed E-state index contributed by atoms with van der Waals surface area (Å²) in [6.07, 6.45) is 4.42. The molecule has 1 unspecified atom stereocenters. The van der Waals surface area contributed by atoms with Gasteiger partial charge in [0.15, 0.2) is 0 Å². The van der Waals surface area contributed by atoms with Crippen LogP contribution in [0.5, 0.6) is 0 Å². The summed E-state index contributed by atoms with van der Waals surface area (Å²) in [5.74, 6) is 6.39. The van der Waals surface area contributed by atoms with E-state index < -0.39 is 6.10 Å². The van der Waals surface area contributed by atoms with Gasteiger partial charge in [-0.1, -0.05) is 0 Å². The SMILES string of the molecule is CC(O)CN(C)c1nc(NN)nc(-n2ccnc2)n1. The molecule has 4 N–H and O–H groups in total. The lowest BCUT2D eigenvalue weighted by Crippen LogP contribution is -2.29. The average Bonchev–Trinajstić information content (AvgIpc) is 2.91. The standard InChI is InChI=1S/C10H16N8O/c1-7(19)5-17(2)9-13-8(16-11)14-10(15-9)18-4-3-12-6-18/h3-4,6-7,19H,5,11H2,1-2H3,(H,13,14,15,16). The lowest BCUT2D eigenvalue weighted by atomic mass is 10.4. The van der Waals surface area contributed by atoms with Crippen molar-refractivity contribution < 1.29 is 5.11 Å². The number of aromatic nitrogens is 5. The molecule has 0 bridgehead atoms. The molecule has 0 saturated carbocycles. The minimum absolute atomic E-state index is 0.242. The van der Waals surface area contributed by atoms with Crippen molar-refractivity contribution in [1.29, 1.82) is 0 Å². The molecule has 2 aromatic heterocycles. The van der Waals surface area contributed by atoms with Crippen LogP contribution in [0.25, 0.3) is 5.95 Å². The fraction of sp³-hybridized carbons (Fsp3) is 0.400. The zero-order chi connectivity index (χ0) is 13.8. The highest BCUT2D eigenvalue weighted by Gasteiger charge is 2.12. The van der Waals surface area contributed by atoms with Crippen molar-refractivity contribution in [2.24, 2.45) is 5.84 Å². The van der Waals surface area contributed by atoms with Crippen LogP contribution in [0.1, 0.15) is 6.92 Å². The van der Waals surface area contributed by atoms with Crippen molar-refractivity contribution in [2.75, 3.05) is 23.9 Å². The molecule has 0 aliphatic heterocycles. The van der Waals surface area contributed by atoms with Gasteiger partial charge in [0.1, 0.15) is 6.33 Å². The van der Waals surface area contributed by atoms with Gasteiger partial charge in [0.25, 0.3) is 0 Å². The van der Waals surface area contributed by atoms with Crippen molar-refractivity contribution in [3.05, 3.63) is 18.7 Å². The van der Waals surface area contributed by atoms with Crippen LogP contribution in [0.15, 0.2) is 18.7 Å². The number of likely N-dealkylation sites (N-methyl/N-ethyl adjacent to an activating group) is 1. The maximum absolute atomic E-state index is 9.40. The molecule has 0 saturated heterocycles. The summed E-state index contributed by atoms with van der Waals surface area (Å²) in [5.41, 5.74) is 2.39. The maximum Gasteiger partial charge on any atom is 0.243 e. The number of hydrazine groups is 1. The van der Waals surface area contributed by atoms with Crippen LogP contribution in [-0.4, -0.2) is 49.3 Å². The second-order valence-corrected chi connectivity index (χ2v) is 4.10. The first kappa shape index (κ1) is 13.2. The van der Waals surface area contributed by atoms with E-state index >= 15 is 0 Å². The Morgan fingerprint density at radius 2 is 2.26 bits per heavy atom. The molecule has 0 radical (unpaired) electrons. The smallest absolute Gasteiger partial charge is 0.243 e. The second kappa shape index (κ2) is 5.59. The third kappa shape index (κ3) is 3.14. The van der Waals surface area contributed by atoms with Crippen molar-refractivity contribution in [2.45, 2.75) is 13.0 Å². The molecule has 1 atom stereocenters. The number of imidazole rings is 1. The van der Waals surface area contributed by atoms with E-state index in [2.05, 4.69) is 25.4 Å². The van der Waals surface area contributed by atoms with Crippen molar-refractivity contribution in [3.63, 3.8) is 0 Å². The molecule has 0 spiro atoms. The Labute approximate surface area is 110 Å². The van der Waals surface area contributed by atoms with Gasteiger partial charge in [-0.3, -0.25) is 9.99 Å². The predicted octanol–water partition coefficient (Wildman–Crippen LogP) is -0.840. The van der Waals surface area contributed by atoms with Crippen LogP contribution in [0.4, 0.5) is 11.9 Å². The Kier molecular flexibility index (Phi) is 3.88. The van der Waals surface area contributed by atoms with Gasteiger partial charge in [0.05, 0.1) is 6.10 Å². The van der Waals surface area contributed by atoms with Crippen molar-refractivity contribution in [3.8, 4) is 5.95 Å². The highest BCUT2D eigenvalue weighted by molar-refractivity contribution is 5.39. The normalized spacial score (nSPS) is 12.2. The monoisotopic (exact) mass is 264 g/mol. The second-order valence-electron chi connectivity index (χ2n) is 4.10. The van der Waals surface area contributed by atoms with Gasteiger partial charge < -0.3 is 10.0 Å². The number of nitrogen functional groups attached to an aromatic ring is 1. The lowest BCUT2D eigenvalue weighted by molar-refractivity contribution is 0.201. The van der Waals surface area contributed by atoms with Gasteiger partial charge in [-0.2, -0.15) is 15.0 Å². The zero-order valence-corrected chi connectivity index (χ0v) is 10.7. The first-order chi connectivity index (χ1) is 9.10. The van der Waals surface area contributed by atoms with Gasteiger partial charge in [0.2, 0.25) is 17.8 Å². The highest BCUT2D eigenvalue weighted by Crippen LogP contribution is 2.11. The summed E-state index contributed by atoms with van der Waals surface area (Å²) in [4.78, 5) is 18.2. The van der Waals surface area contributed by atoms with Gasteiger partial charge in [-0.05, 0) is 6.92 Å². The summed E-state index contributed by atoms with van der Waals surface area (Å²) >= 11 is 0. The largest absolute Gasteiger partial charge is 0.392 e. The summed E-state index contributed by atoms with van der Waals surface area (Å²) in [6, 6.07) is 0. The van der Waals surface area contributed by atoms with Crippen LogP contribution in [-0.2, 0) is 0 Å². The molecule has 19 heavy (non-hydrogen) atoms. The van der Waals surface area contributed by atoms with E-state index in [0.29, 0.717) is 18.4 Å². The van der Waals surface area contributed by atoms with E-state index in [9.17, 15) is 5.11 Å². The highest BCUT2D eigenvalue weighted by atomic mass is 16.3. The fourth-order valence-corrected chi connectivity index (χ4v) is 1.56. The number of nitrogens with zero attached hydrogens (tertiary/aromatic N) is 6. The molecule has 2 rings (SSSR count). The summed E-state index contributed by atoms with van der Waals surface area (Å²) in [6.45, 7) is 2.09. The molecule has 2 heterocycles. The van der Waals surface area contributed by atoms with E-state index in [1.807, 2.05) is 0 Å². The van der Waals surface area contributed by atoms with Crippen molar-refractivity contribution >= 4 is 11.9 Å². The van der Waals surface area contributed by atoms with E-state index in [1.165, 1.54) is 0 Å². The Morgan fingerprint density at radius 1 is 1.47 bits per heavy atom. The number of rotatable bonds is 5. The maximum atomic E-state index is 9.40. The Bertz CT molecular complexity index is 526. The predicted molar refractivity (Wildman–Crippen MR) is 69.7 cm³/mol. The molecule has 0 aromatic carbocycles. The molecular formula is C10H16N8O. The number of nitrogens with one attached hydrogen (secondary N) is 1. The Morgan fingerprint density at radius 3 is 2.84 bits per heavy atom. The Balaban J connectivity index is 2.36. The first-order valence-corrected chi connectivity index (χ1v) is 5.70. The number of aliphatic hydroxyl groups excluding tert-OH is 1. The molecule has 9 heteroatoms. The quantitative estimate of drug-likeness (QED) is 0.472. The van der Waals surface area contributed by atoms with E-state index in [-0.39, 0.29) is 5.95 Å². The average molecular weight is 264 g/mol. The van der Waals surface area contributed by atoms with E-state index in [1.54, 1.807) is 42.2 Å². The van der Waals surface area contributed by atoms with Crippen LogP contribution >= 0.6 is 0 Å². The minimum Gasteiger partial charge on any atom is -0.392 e. The van der Waals surface area contributed by atoms with Crippen LogP contribution < -0.4 is 16.2 Å². The number of nitrogens with two attached hydrogens (primary N) is 1. The Hall–Kier alpha value is -2.26. The number of anilines is 2. The van der Waals surface area contributed by atoms with E-state index in [4.69, 9.17) is 5.84 Å². The summed E-state index contributed by atoms with van der Waals surface area (Å²) < 4.78 is 1.64. The van der Waals surface area contributed by atoms with E-state index in [0.717, 1.165) is 0 Å². The zero-order valence-electron chi connectivity index (χ0n) is 10.7. The summed E-state index contributed by atoms with van der Waals surface area (Å²) in [5, 5.41) is 9.40. The first-order valence-electron chi connectivity index (χ1n) is 5.70. The molecule has 0 amide bonds. The van der Waals surface area contributed by atoms with Crippen LogP contribution in [0.3, 0.4) is 0 Å². The van der Waals surface area contributed by atoms with Gasteiger partial charge in [-0.25, -0.2) is 10.8 Å². The lowest BCUT2D eigenvalue weighted by Gasteiger charge is -2.19. The van der Waals surface area contributed by atoms with Gasteiger partial charge in [0, 0.05) is 26.0 Å². The third-order valence-corrected chi connectivity index (χ3v) is 2.36. The third-order valence-electron chi connectivity index (χ3n) is 2.36. The van der Waals surface area contributed by atoms with Crippen LogP contribution in [0, 0.1) is 0 Å². The molecule has 9 nitrogen and oxygen atoms in total. The molecule has 0 fully saturated rings. The number of aliphatic hydroxyl groups is 1. The topological polar surface area (TPSA) is 118 Å². The number of hydrogen-bond donors (Lipinski definition) is 3. The minimum atomic E-state index is -0.493. The van der Waals surface area contributed by atoms with Crippen LogP contribution in [0.2, 0.25) is 0 Å².